The Bertz CT molecular complexity index is 393. The maximum atomic E-state index is 11.6. The van der Waals surface area contributed by atoms with Crippen LogP contribution in [0, 0.1) is 0 Å². The second-order valence-electron chi connectivity index (χ2n) is 4.79. The highest BCUT2D eigenvalue weighted by molar-refractivity contribution is 5.78. The van der Waals surface area contributed by atoms with Gasteiger partial charge in [-0.05, 0) is 25.0 Å². The Morgan fingerprint density at radius 2 is 2.17 bits per heavy atom. The second-order valence-corrected chi connectivity index (χ2v) is 4.79. The van der Waals surface area contributed by atoms with Crippen molar-refractivity contribution >= 4 is 11.6 Å². The average molecular weight is 247 g/mol. The highest BCUT2D eigenvalue weighted by Crippen LogP contribution is 2.21. The van der Waals surface area contributed by atoms with Crippen LogP contribution in [-0.4, -0.2) is 43.5 Å². The zero-order valence-electron chi connectivity index (χ0n) is 10.9. The van der Waals surface area contributed by atoms with Gasteiger partial charge in [-0.2, -0.15) is 0 Å². The van der Waals surface area contributed by atoms with Gasteiger partial charge in [0.15, 0.2) is 0 Å². The van der Waals surface area contributed by atoms with Crippen molar-refractivity contribution < 1.29 is 4.79 Å². The number of carbonyl (C=O) groups is 1. The molecule has 0 saturated carbocycles. The minimum atomic E-state index is 0.0231. The molecule has 1 atom stereocenters. The number of anilines is 1. The first kappa shape index (κ1) is 12.9. The molecule has 1 saturated heterocycles. The molecule has 0 radical (unpaired) electrons. The van der Waals surface area contributed by atoms with Gasteiger partial charge in [-0.25, -0.2) is 0 Å². The number of piperidine rings is 1. The van der Waals surface area contributed by atoms with Gasteiger partial charge in [-0.15, -0.1) is 0 Å². The maximum Gasteiger partial charge on any atom is 0.236 e. The van der Waals surface area contributed by atoms with E-state index < -0.39 is 0 Å². The van der Waals surface area contributed by atoms with Crippen LogP contribution >= 0.6 is 0 Å². The molecule has 1 heterocycles. The highest BCUT2D eigenvalue weighted by Gasteiger charge is 2.25. The van der Waals surface area contributed by atoms with Crippen molar-refractivity contribution in [2.75, 3.05) is 31.6 Å². The fraction of sp³-hybridized carbons (Fsp3) is 0.500. The van der Waals surface area contributed by atoms with Crippen LogP contribution in [0.3, 0.4) is 0 Å². The second kappa shape index (κ2) is 5.87. The summed E-state index contributed by atoms with van der Waals surface area (Å²) in [4.78, 5) is 15.8. The van der Waals surface area contributed by atoms with E-state index in [1.165, 1.54) is 5.69 Å². The monoisotopic (exact) mass is 247 g/mol. The van der Waals surface area contributed by atoms with Crippen LogP contribution in [0.5, 0.6) is 0 Å². The molecule has 1 aliphatic heterocycles. The Balaban J connectivity index is 2.03. The van der Waals surface area contributed by atoms with Crippen molar-refractivity contribution in [2.24, 2.45) is 5.73 Å². The van der Waals surface area contributed by atoms with Gasteiger partial charge < -0.3 is 15.5 Å². The summed E-state index contributed by atoms with van der Waals surface area (Å²) in [5.41, 5.74) is 6.65. The number of hydrogen-bond donors (Lipinski definition) is 1. The van der Waals surface area contributed by atoms with E-state index in [1.54, 1.807) is 4.90 Å². The third-order valence-corrected chi connectivity index (χ3v) is 3.63. The van der Waals surface area contributed by atoms with Gasteiger partial charge in [-0.1, -0.05) is 18.2 Å². The number of likely N-dealkylation sites (N-methyl/N-ethyl adjacent to an activating group) is 1. The molecule has 18 heavy (non-hydrogen) atoms. The molecule has 4 nitrogen and oxygen atoms in total. The SMILES string of the molecule is CN(C(=O)CN)C1CCCN(c2ccccc2)C1. The normalized spacial score (nSPS) is 19.7. The first-order valence-corrected chi connectivity index (χ1v) is 6.48. The number of benzene rings is 1. The lowest BCUT2D eigenvalue weighted by molar-refractivity contribution is -0.130. The van der Waals surface area contributed by atoms with Crippen molar-refractivity contribution in [1.29, 1.82) is 0 Å². The smallest absolute Gasteiger partial charge is 0.236 e. The van der Waals surface area contributed by atoms with Crippen LogP contribution in [0.15, 0.2) is 30.3 Å². The Kier molecular flexibility index (Phi) is 4.20. The molecule has 1 fully saturated rings. The Morgan fingerprint density at radius 1 is 1.44 bits per heavy atom. The summed E-state index contributed by atoms with van der Waals surface area (Å²) in [5.74, 6) is 0.0231. The van der Waals surface area contributed by atoms with Gasteiger partial charge in [0.1, 0.15) is 0 Å². The van der Waals surface area contributed by atoms with Gasteiger partial charge in [0.05, 0.1) is 6.54 Å². The zero-order valence-corrected chi connectivity index (χ0v) is 10.9. The van der Waals surface area contributed by atoms with Crippen molar-refractivity contribution in [3.63, 3.8) is 0 Å². The van der Waals surface area contributed by atoms with Crippen molar-refractivity contribution in [1.82, 2.24) is 4.90 Å². The largest absolute Gasteiger partial charge is 0.369 e. The van der Waals surface area contributed by atoms with Crippen molar-refractivity contribution in [2.45, 2.75) is 18.9 Å². The van der Waals surface area contributed by atoms with Gasteiger partial charge in [0.2, 0.25) is 5.91 Å². The Hall–Kier alpha value is -1.55. The van der Waals surface area contributed by atoms with E-state index in [1.807, 2.05) is 25.2 Å². The first-order valence-electron chi connectivity index (χ1n) is 6.48. The molecule has 2 rings (SSSR count). The van der Waals surface area contributed by atoms with Crippen LogP contribution in [0.2, 0.25) is 0 Å². The molecule has 1 amide bonds. The summed E-state index contributed by atoms with van der Waals surface area (Å²) in [6.45, 7) is 2.05. The molecule has 0 aliphatic carbocycles. The van der Waals surface area contributed by atoms with E-state index in [9.17, 15) is 4.79 Å². The van der Waals surface area contributed by atoms with Crippen LogP contribution in [0.1, 0.15) is 12.8 Å². The average Bonchev–Trinajstić information content (AvgIpc) is 2.46. The van der Waals surface area contributed by atoms with E-state index in [0.29, 0.717) is 0 Å². The number of hydrogen-bond acceptors (Lipinski definition) is 3. The molecule has 1 aromatic rings. The van der Waals surface area contributed by atoms with Crippen LogP contribution in [0.4, 0.5) is 5.69 Å². The lowest BCUT2D eigenvalue weighted by Crippen LogP contribution is -2.50. The first-order chi connectivity index (χ1) is 8.72. The zero-order chi connectivity index (χ0) is 13.0. The van der Waals surface area contributed by atoms with E-state index in [2.05, 4.69) is 17.0 Å². The Labute approximate surface area is 108 Å². The third-order valence-electron chi connectivity index (χ3n) is 3.63. The lowest BCUT2D eigenvalue weighted by atomic mass is 10.0. The van der Waals surface area contributed by atoms with Crippen molar-refractivity contribution in [3.8, 4) is 0 Å². The maximum absolute atomic E-state index is 11.6. The molecule has 98 valence electrons. The predicted molar refractivity (Wildman–Crippen MR) is 73.5 cm³/mol. The highest BCUT2D eigenvalue weighted by atomic mass is 16.2. The van der Waals surface area contributed by atoms with E-state index in [0.717, 1.165) is 25.9 Å². The molecule has 2 N–H and O–H groups in total. The molecular formula is C14H21N3O. The topological polar surface area (TPSA) is 49.6 Å². The number of para-hydroxylation sites is 1. The van der Waals surface area contributed by atoms with Gasteiger partial charge >= 0.3 is 0 Å². The van der Waals surface area contributed by atoms with Gasteiger partial charge in [-0.3, -0.25) is 4.79 Å². The minimum absolute atomic E-state index is 0.0231. The third kappa shape index (κ3) is 2.82. The predicted octanol–water partition coefficient (Wildman–Crippen LogP) is 1.07. The summed E-state index contributed by atoms with van der Waals surface area (Å²) < 4.78 is 0. The summed E-state index contributed by atoms with van der Waals surface area (Å²) >= 11 is 0. The number of nitrogens with zero attached hydrogens (tertiary/aromatic N) is 2. The fourth-order valence-corrected chi connectivity index (χ4v) is 2.49. The summed E-state index contributed by atoms with van der Waals surface area (Å²) in [7, 11) is 1.86. The molecule has 0 bridgehead atoms. The Morgan fingerprint density at radius 3 is 2.83 bits per heavy atom. The number of rotatable bonds is 3. The number of amides is 1. The summed E-state index contributed by atoms with van der Waals surface area (Å²) in [6, 6.07) is 10.6. The quantitative estimate of drug-likeness (QED) is 0.869. The van der Waals surface area contributed by atoms with Gasteiger partial charge in [0, 0.05) is 31.9 Å². The molecule has 1 aromatic carbocycles. The molecule has 0 aromatic heterocycles. The van der Waals surface area contributed by atoms with Crippen LogP contribution in [-0.2, 0) is 4.79 Å². The fourth-order valence-electron chi connectivity index (χ4n) is 2.49. The van der Waals surface area contributed by atoms with E-state index in [4.69, 9.17) is 5.73 Å². The minimum Gasteiger partial charge on any atom is -0.369 e. The van der Waals surface area contributed by atoms with Crippen LogP contribution in [0.25, 0.3) is 0 Å². The number of carbonyl (C=O) groups excluding carboxylic acids is 1. The standard InChI is InChI=1S/C14H21N3O/c1-16(14(18)10-15)13-8-5-9-17(11-13)12-6-3-2-4-7-12/h2-4,6-7,13H,5,8-11,15H2,1H3. The lowest BCUT2D eigenvalue weighted by Gasteiger charge is -2.38. The molecular weight excluding hydrogens is 226 g/mol. The molecule has 1 aliphatic rings. The van der Waals surface area contributed by atoms with Crippen molar-refractivity contribution in [3.05, 3.63) is 30.3 Å². The molecule has 0 spiro atoms. The number of nitrogens with two attached hydrogens (primary N) is 1. The van der Waals surface area contributed by atoms with Crippen LogP contribution < -0.4 is 10.6 Å². The van der Waals surface area contributed by atoms with Gasteiger partial charge in [0.25, 0.3) is 0 Å². The van der Waals surface area contributed by atoms with E-state index in [-0.39, 0.29) is 18.5 Å². The summed E-state index contributed by atoms with van der Waals surface area (Å²) in [5, 5.41) is 0. The summed E-state index contributed by atoms with van der Waals surface area (Å²) in [6.07, 6.45) is 2.17. The molecule has 1 unspecified atom stereocenters. The molecule has 4 heteroatoms. The van der Waals surface area contributed by atoms with E-state index >= 15 is 0 Å².